The van der Waals surface area contributed by atoms with E-state index < -0.39 is 11.6 Å². The molecule has 8 nitrogen and oxygen atoms in total. The zero-order valence-electron chi connectivity index (χ0n) is 17.3. The number of aryl methyl sites for hydroxylation is 1. The van der Waals surface area contributed by atoms with E-state index in [1.54, 1.807) is 11.1 Å². The number of fused-ring (bicyclic) bond motifs is 2. The number of hydrogen-bond acceptors (Lipinski definition) is 6. The quantitative estimate of drug-likeness (QED) is 0.671. The van der Waals surface area contributed by atoms with Gasteiger partial charge in [-0.1, -0.05) is 24.3 Å². The van der Waals surface area contributed by atoms with Crippen LogP contribution in [0.3, 0.4) is 0 Å². The Bertz CT molecular complexity index is 1060. The molecule has 0 bridgehead atoms. The molecular formula is C22H25N5O3S. The van der Waals surface area contributed by atoms with E-state index in [-0.39, 0.29) is 24.4 Å². The molecule has 4 amide bonds. The van der Waals surface area contributed by atoms with Crippen LogP contribution in [-0.2, 0) is 28.1 Å². The Balaban J connectivity index is 1.37. The second kappa shape index (κ2) is 7.33. The fourth-order valence-electron chi connectivity index (χ4n) is 4.82. The van der Waals surface area contributed by atoms with Gasteiger partial charge >= 0.3 is 6.03 Å². The molecule has 1 spiro atoms. The number of nitrogen functional groups attached to an aromatic ring is 1. The number of nitrogens with two attached hydrogens (primary N) is 1. The van der Waals surface area contributed by atoms with Crippen molar-refractivity contribution in [3.8, 4) is 0 Å². The number of thiazole rings is 1. The first-order chi connectivity index (χ1) is 14.9. The van der Waals surface area contributed by atoms with Gasteiger partial charge in [-0.3, -0.25) is 14.5 Å². The first kappa shape index (κ1) is 20.0. The lowest BCUT2D eigenvalue weighted by Crippen LogP contribution is -2.47. The molecule has 162 valence electrons. The van der Waals surface area contributed by atoms with Crippen LogP contribution >= 0.6 is 11.3 Å². The largest absolute Gasteiger partial charge is 0.375 e. The van der Waals surface area contributed by atoms with E-state index in [2.05, 4.69) is 10.3 Å². The van der Waals surface area contributed by atoms with Gasteiger partial charge in [-0.05, 0) is 49.7 Å². The van der Waals surface area contributed by atoms with Gasteiger partial charge in [-0.15, -0.1) is 11.3 Å². The van der Waals surface area contributed by atoms with Crippen LogP contribution in [0.5, 0.6) is 0 Å². The predicted octanol–water partition coefficient (Wildman–Crippen LogP) is 2.25. The second-order valence-corrected chi connectivity index (χ2v) is 9.80. The second-order valence-electron chi connectivity index (χ2n) is 8.65. The number of amides is 4. The lowest BCUT2D eigenvalue weighted by atomic mass is 9.92. The maximum absolute atomic E-state index is 13.4. The first-order valence-corrected chi connectivity index (χ1v) is 11.4. The number of nitrogens with zero attached hydrogens (tertiary/aromatic N) is 3. The number of benzene rings is 1. The predicted molar refractivity (Wildman–Crippen MR) is 116 cm³/mol. The molecule has 2 aromatic rings. The minimum Gasteiger partial charge on any atom is -0.375 e. The summed E-state index contributed by atoms with van der Waals surface area (Å²) >= 11 is 1.35. The molecule has 31 heavy (non-hydrogen) atoms. The maximum Gasteiger partial charge on any atom is 0.325 e. The highest BCUT2D eigenvalue weighted by molar-refractivity contribution is 7.15. The van der Waals surface area contributed by atoms with E-state index >= 15 is 0 Å². The molecule has 9 heteroatoms. The van der Waals surface area contributed by atoms with E-state index in [4.69, 9.17) is 5.73 Å². The summed E-state index contributed by atoms with van der Waals surface area (Å²) in [5, 5.41) is 3.35. The lowest BCUT2D eigenvalue weighted by molar-refractivity contribution is -0.141. The number of urea groups is 1. The SMILES string of the molecule is C[C@@H](C1CC1)N(Cc1cnc(N)s1)C(=O)CN1C(=O)NC2(CCc3ccccc32)C1=O. The van der Waals surface area contributed by atoms with Crippen molar-refractivity contribution in [1.82, 2.24) is 20.1 Å². The highest BCUT2D eigenvalue weighted by Crippen LogP contribution is 2.41. The third kappa shape index (κ3) is 3.37. The molecular weight excluding hydrogens is 414 g/mol. The van der Waals surface area contributed by atoms with E-state index in [1.807, 2.05) is 31.2 Å². The number of carbonyl (C=O) groups is 3. The Morgan fingerprint density at radius 3 is 2.87 bits per heavy atom. The number of nitrogens with one attached hydrogen (secondary N) is 1. The number of hydrogen-bond donors (Lipinski definition) is 2. The third-order valence-corrected chi connectivity index (χ3v) is 7.54. The number of aromatic nitrogens is 1. The standard InChI is InChI=1S/C22H25N5O3S/c1-13(14-6-7-14)26(11-16-10-24-20(23)31-16)18(28)12-27-19(29)22(25-21(27)30)9-8-15-4-2-3-5-17(15)22/h2-5,10,13-14H,6-9,11-12H2,1H3,(H2,23,24)(H,25,30)/t13-,22?/m0/s1. The summed E-state index contributed by atoms with van der Waals surface area (Å²) in [4.78, 5) is 47.3. The summed E-state index contributed by atoms with van der Waals surface area (Å²) in [7, 11) is 0. The van der Waals surface area contributed by atoms with Crippen molar-refractivity contribution in [3.63, 3.8) is 0 Å². The van der Waals surface area contributed by atoms with Crippen LogP contribution in [0.2, 0.25) is 0 Å². The van der Waals surface area contributed by atoms with Crippen molar-refractivity contribution in [2.75, 3.05) is 12.3 Å². The van der Waals surface area contributed by atoms with Gasteiger partial charge in [0.2, 0.25) is 5.91 Å². The highest BCUT2D eigenvalue weighted by Gasteiger charge is 2.55. The summed E-state index contributed by atoms with van der Waals surface area (Å²) in [5.41, 5.74) is 6.61. The van der Waals surface area contributed by atoms with Crippen molar-refractivity contribution in [1.29, 1.82) is 0 Å². The Morgan fingerprint density at radius 1 is 1.39 bits per heavy atom. The molecule has 5 rings (SSSR count). The number of carbonyl (C=O) groups excluding carboxylic acids is 3. The van der Waals surface area contributed by atoms with Gasteiger partial charge in [0, 0.05) is 17.1 Å². The van der Waals surface area contributed by atoms with Crippen molar-refractivity contribution in [2.24, 2.45) is 5.92 Å². The Kier molecular flexibility index (Phi) is 4.73. The van der Waals surface area contributed by atoms with Crippen molar-refractivity contribution >= 4 is 34.3 Å². The number of imide groups is 1. The number of anilines is 1. The fourth-order valence-corrected chi connectivity index (χ4v) is 5.50. The Hall–Kier alpha value is -2.94. The summed E-state index contributed by atoms with van der Waals surface area (Å²) in [6.45, 7) is 2.14. The van der Waals surface area contributed by atoms with Crippen molar-refractivity contribution < 1.29 is 14.4 Å². The molecule has 1 aliphatic heterocycles. The van der Waals surface area contributed by atoms with Crippen LogP contribution in [-0.4, -0.2) is 45.2 Å². The normalized spacial score (nSPS) is 23.2. The molecule has 1 aromatic carbocycles. The first-order valence-electron chi connectivity index (χ1n) is 10.6. The van der Waals surface area contributed by atoms with Crippen LogP contribution in [0, 0.1) is 5.92 Å². The monoisotopic (exact) mass is 439 g/mol. The van der Waals surface area contributed by atoms with E-state index in [0.29, 0.717) is 24.0 Å². The molecule has 3 aliphatic rings. The maximum atomic E-state index is 13.4. The van der Waals surface area contributed by atoms with E-state index in [1.165, 1.54) is 11.3 Å². The van der Waals surface area contributed by atoms with Gasteiger partial charge in [0.15, 0.2) is 5.13 Å². The minimum absolute atomic E-state index is 0.0257. The van der Waals surface area contributed by atoms with Gasteiger partial charge in [-0.2, -0.15) is 0 Å². The van der Waals surface area contributed by atoms with Crippen molar-refractivity contribution in [2.45, 2.75) is 50.7 Å². The van der Waals surface area contributed by atoms with Crippen LogP contribution in [0.1, 0.15) is 42.2 Å². The Morgan fingerprint density at radius 2 is 2.16 bits per heavy atom. The van der Waals surface area contributed by atoms with Crippen LogP contribution in [0.4, 0.5) is 9.93 Å². The highest BCUT2D eigenvalue weighted by atomic mass is 32.1. The summed E-state index contributed by atoms with van der Waals surface area (Å²) in [5.74, 6) is -0.125. The van der Waals surface area contributed by atoms with Crippen LogP contribution < -0.4 is 11.1 Å². The lowest BCUT2D eigenvalue weighted by Gasteiger charge is -2.30. The molecule has 0 radical (unpaired) electrons. The van der Waals surface area contributed by atoms with Gasteiger partial charge in [0.1, 0.15) is 12.1 Å². The zero-order valence-corrected chi connectivity index (χ0v) is 18.2. The molecule has 1 aromatic heterocycles. The average Bonchev–Trinajstić information content (AvgIpc) is 3.37. The Labute approximate surface area is 184 Å². The van der Waals surface area contributed by atoms with Gasteiger partial charge < -0.3 is 16.0 Å². The molecule has 1 saturated heterocycles. The van der Waals surface area contributed by atoms with Gasteiger partial charge in [0.05, 0.1) is 6.54 Å². The number of rotatable bonds is 6. The molecule has 2 atom stereocenters. The van der Waals surface area contributed by atoms with Gasteiger partial charge in [-0.25, -0.2) is 9.78 Å². The topological polar surface area (TPSA) is 109 Å². The summed E-state index contributed by atoms with van der Waals surface area (Å²) in [6, 6.07) is 7.20. The fraction of sp³-hybridized carbons (Fsp3) is 0.455. The molecule has 3 N–H and O–H groups in total. The molecule has 1 saturated carbocycles. The molecule has 1 unspecified atom stereocenters. The summed E-state index contributed by atoms with van der Waals surface area (Å²) in [6.07, 6.45) is 5.08. The van der Waals surface area contributed by atoms with Crippen LogP contribution in [0.15, 0.2) is 30.5 Å². The zero-order chi connectivity index (χ0) is 21.8. The molecule has 2 fully saturated rings. The third-order valence-electron chi connectivity index (χ3n) is 6.73. The molecule has 2 aliphatic carbocycles. The van der Waals surface area contributed by atoms with E-state index in [9.17, 15) is 14.4 Å². The smallest absolute Gasteiger partial charge is 0.325 e. The molecule has 2 heterocycles. The van der Waals surface area contributed by atoms with E-state index in [0.717, 1.165) is 40.2 Å². The minimum atomic E-state index is -1.05. The van der Waals surface area contributed by atoms with Crippen LogP contribution in [0.25, 0.3) is 0 Å². The van der Waals surface area contributed by atoms with Gasteiger partial charge in [0.25, 0.3) is 5.91 Å². The average molecular weight is 440 g/mol. The van der Waals surface area contributed by atoms with Crippen molar-refractivity contribution in [3.05, 3.63) is 46.5 Å². The summed E-state index contributed by atoms with van der Waals surface area (Å²) < 4.78 is 0.